The monoisotopic (exact) mass is 387 g/mol. The summed E-state index contributed by atoms with van der Waals surface area (Å²) in [5.74, 6) is -0.809. The molecule has 1 aromatic rings. The Balaban J connectivity index is 2.60. The normalized spacial score (nSPS) is 14.4. The van der Waals surface area contributed by atoms with Crippen molar-refractivity contribution in [2.75, 3.05) is 19.8 Å². The number of hydrogen-bond donors (Lipinski definition) is 0. The minimum atomic E-state index is -0.589. The van der Waals surface area contributed by atoms with Crippen molar-refractivity contribution in [2.45, 2.75) is 46.6 Å². The van der Waals surface area contributed by atoms with Gasteiger partial charge in [0, 0.05) is 18.4 Å². The molecule has 1 aliphatic rings. The van der Waals surface area contributed by atoms with E-state index in [1.165, 1.54) is 0 Å². The predicted molar refractivity (Wildman–Crippen MR) is 107 cm³/mol. The van der Waals surface area contributed by atoms with Gasteiger partial charge in [-0.25, -0.2) is 9.59 Å². The number of benzene rings is 1. The lowest BCUT2D eigenvalue weighted by Crippen LogP contribution is -2.32. The fourth-order valence-corrected chi connectivity index (χ4v) is 3.05. The van der Waals surface area contributed by atoms with Gasteiger partial charge in [-0.2, -0.15) is 0 Å². The Labute approximate surface area is 166 Å². The Morgan fingerprint density at radius 3 is 2.00 bits per heavy atom. The summed E-state index contributed by atoms with van der Waals surface area (Å²) in [6.45, 7) is 10.4. The number of carbonyl (C=O) groups excluding carboxylic acids is 2. The highest BCUT2D eigenvalue weighted by molar-refractivity contribution is 5.98. The maximum absolute atomic E-state index is 12.8. The molecule has 1 heterocycles. The number of nitrogens with zero attached hydrogens (tertiary/aromatic N) is 1. The first-order chi connectivity index (χ1) is 13.4. The third-order valence-corrected chi connectivity index (χ3v) is 4.32. The first kappa shape index (κ1) is 21.5. The maximum atomic E-state index is 12.8. The molecule has 2 rings (SSSR count). The molecule has 0 atom stereocenters. The quantitative estimate of drug-likeness (QED) is 0.633. The molecular formula is C22H29NO5. The van der Waals surface area contributed by atoms with Crippen LogP contribution in [0.1, 0.15) is 46.1 Å². The van der Waals surface area contributed by atoms with E-state index >= 15 is 0 Å². The highest BCUT2D eigenvalue weighted by Crippen LogP contribution is 2.38. The van der Waals surface area contributed by atoms with E-state index in [0.717, 1.165) is 5.56 Å². The predicted octanol–water partition coefficient (Wildman–Crippen LogP) is 3.79. The van der Waals surface area contributed by atoms with Gasteiger partial charge in [-0.15, -0.1) is 0 Å². The van der Waals surface area contributed by atoms with Gasteiger partial charge in [0.15, 0.2) is 0 Å². The van der Waals surface area contributed by atoms with Crippen LogP contribution in [0.25, 0.3) is 0 Å². The molecule has 0 amide bonds. The molecule has 0 N–H and O–H groups in total. The van der Waals surface area contributed by atoms with Crippen LogP contribution >= 0.6 is 0 Å². The maximum Gasteiger partial charge on any atom is 0.336 e. The average Bonchev–Trinajstić information content (AvgIpc) is 2.67. The molecule has 0 fully saturated rings. The summed E-state index contributed by atoms with van der Waals surface area (Å²) < 4.78 is 16.2. The fourth-order valence-electron chi connectivity index (χ4n) is 3.05. The van der Waals surface area contributed by atoms with E-state index < -0.39 is 17.9 Å². The van der Waals surface area contributed by atoms with E-state index in [1.54, 1.807) is 26.2 Å². The SMILES string of the molecule is CCOC(=O)C1=CN(C(C)C)C=C(C(=O)OCC)C1c1cccc(OCC)c1. The molecule has 152 valence electrons. The summed E-state index contributed by atoms with van der Waals surface area (Å²) in [6, 6.07) is 7.47. The average molecular weight is 387 g/mol. The third-order valence-electron chi connectivity index (χ3n) is 4.32. The van der Waals surface area contributed by atoms with Crippen LogP contribution in [0.4, 0.5) is 0 Å². The van der Waals surface area contributed by atoms with Crippen LogP contribution in [-0.2, 0) is 19.1 Å². The highest BCUT2D eigenvalue weighted by Gasteiger charge is 2.36. The fraction of sp³-hybridized carbons (Fsp3) is 0.455. The van der Waals surface area contributed by atoms with E-state index in [9.17, 15) is 9.59 Å². The Kier molecular flexibility index (Phi) is 7.67. The van der Waals surface area contributed by atoms with Crippen LogP contribution in [-0.4, -0.2) is 42.7 Å². The van der Waals surface area contributed by atoms with Crippen molar-refractivity contribution in [3.8, 4) is 5.75 Å². The van der Waals surface area contributed by atoms with Crippen molar-refractivity contribution in [3.63, 3.8) is 0 Å². The van der Waals surface area contributed by atoms with Crippen molar-refractivity contribution < 1.29 is 23.8 Å². The Hall–Kier alpha value is -2.76. The molecule has 6 heteroatoms. The second-order valence-corrected chi connectivity index (χ2v) is 6.59. The summed E-state index contributed by atoms with van der Waals surface area (Å²) in [6.07, 6.45) is 3.51. The second-order valence-electron chi connectivity index (χ2n) is 6.59. The van der Waals surface area contributed by atoms with Crippen LogP contribution in [0.2, 0.25) is 0 Å². The molecule has 0 unspecified atom stereocenters. The van der Waals surface area contributed by atoms with Crippen molar-refractivity contribution in [1.29, 1.82) is 0 Å². The van der Waals surface area contributed by atoms with Gasteiger partial charge < -0.3 is 19.1 Å². The lowest BCUT2D eigenvalue weighted by molar-refractivity contribution is -0.139. The van der Waals surface area contributed by atoms with Gasteiger partial charge in [-0.05, 0) is 52.3 Å². The van der Waals surface area contributed by atoms with Gasteiger partial charge in [0.25, 0.3) is 0 Å². The van der Waals surface area contributed by atoms with Crippen molar-refractivity contribution in [2.24, 2.45) is 0 Å². The van der Waals surface area contributed by atoms with Gasteiger partial charge in [-0.3, -0.25) is 0 Å². The molecule has 0 spiro atoms. The third kappa shape index (κ3) is 4.94. The lowest BCUT2D eigenvalue weighted by Gasteiger charge is -2.32. The lowest BCUT2D eigenvalue weighted by atomic mass is 9.83. The van der Waals surface area contributed by atoms with Gasteiger partial charge >= 0.3 is 11.9 Å². The molecule has 0 aromatic heterocycles. The molecule has 0 aliphatic carbocycles. The molecule has 0 saturated carbocycles. The Morgan fingerprint density at radius 1 is 0.964 bits per heavy atom. The summed E-state index contributed by atoms with van der Waals surface area (Å²) in [7, 11) is 0. The van der Waals surface area contributed by atoms with E-state index in [-0.39, 0.29) is 19.3 Å². The molecule has 1 aliphatic heterocycles. The smallest absolute Gasteiger partial charge is 0.336 e. The number of esters is 2. The van der Waals surface area contributed by atoms with Crippen LogP contribution < -0.4 is 4.74 Å². The standard InChI is InChI=1S/C22H29NO5/c1-6-26-17-11-9-10-16(12-17)20-18(21(24)27-7-2)13-23(15(4)5)14-19(20)22(25)28-8-3/h9-15,20H,6-8H2,1-5H3. The molecule has 0 radical (unpaired) electrons. The number of carbonyl (C=O) groups is 2. The first-order valence-electron chi connectivity index (χ1n) is 9.70. The topological polar surface area (TPSA) is 65.1 Å². The number of ether oxygens (including phenoxy) is 3. The summed E-state index contributed by atoms with van der Waals surface area (Å²) in [5.41, 5.74) is 1.57. The molecule has 1 aromatic carbocycles. The zero-order chi connectivity index (χ0) is 20.7. The van der Waals surface area contributed by atoms with Crippen LogP contribution in [0.3, 0.4) is 0 Å². The van der Waals surface area contributed by atoms with E-state index in [0.29, 0.717) is 23.5 Å². The van der Waals surface area contributed by atoms with E-state index in [2.05, 4.69) is 0 Å². The molecule has 28 heavy (non-hydrogen) atoms. The minimum absolute atomic E-state index is 0.0598. The summed E-state index contributed by atoms with van der Waals surface area (Å²) >= 11 is 0. The van der Waals surface area contributed by atoms with Gasteiger partial charge in [-0.1, -0.05) is 12.1 Å². The van der Waals surface area contributed by atoms with Crippen LogP contribution in [0, 0.1) is 0 Å². The largest absolute Gasteiger partial charge is 0.494 e. The second kappa shape index (κ2) is 9.97. The zero-order valence-electron chi connectivity index (χ0n) is 17.2. The summed E-state index contributed by atoms with van der Waals surface area (Å²) in [5, 5.41) is 0. The number of hydrogen-bond acceptors (Lipinski definition) is 6. The van der Waals surface area contributed by atoms with Gasteiger partial charge in [0.2, 0.25) is 0 Å². The van der Waals surface area contributed by atoms with Crippen LogP contribution in [0.5, 0.6) is 5.75 Å². The Bertz CT molecular complexity index is 730. The summed E-state index contributed by atoms with van der Waals surface area (Å²) in [4.78, 5) is 27.4. The van der Waals surface area contributed by atoms with E-state index in [1.807, 2.05) is 49.9 Å². The number of rotatable bonds is 8. The molecular weight excluding hydrogens is 358 g/mol. The van der Waals surface area contributed by atoms with Crippen molar-refractivity contribution >= 4 is 11.9 Å². The molecule has 0 saturated heterocycles. The van der Waals surface area contributed by atoms with Crippen molar-refractivity contribution in [1.82, 2.24) is 4.90 Å². The van der Waals surface area contributed by atoms with Gasteiger partial charge in [0.1, 0.15) is 5.75 Å². The van der Waals surface area contributed by atoms with Crippen LogP contribution in [0.15, 0.2) is 47.8 Å². The molecule has 6 nitrogen and oxygen atoms in total. The van der Waals surface area contributed by atoms with E-state index in [4.69, 9.17) is 14.2 Å². The highest BCUT2D eigenvalue weighted by atomic mass is 16.5. The van der Waals surface area contributed by atoms with Gasteiger partial charge in [0.05, 0.1) is 36.9 Å². The minimum Gasteiger partial charge on any atom is -0.494 e. The van der Waals surface area contributed by atoms with Crippen molar-refractivity contribution in [3.05, 3.63) is 53.4 Å². The first-order valence-corrected chi connectivity index (χ1v) is 9.70. The zero-order valence-corrected chi connectivity index (χ0v) is 17.2. The Morgan fingerprint density at radius 2 is 1.54 bits per heavy atom. The molecule has 0 bridgehead atoms.